The van der Waals surface area contributed by atoms with Crippen molar-refractivity contribution in [1.29, 1.82) is 0 Å². The Kier molecular flexibility index (Phi) is 3.29. The van der Waals surface area contributed by atoms with E-state index in [1.54, 1.807) is 0 Å². The summed E-state index contributed by atoms with van der Waals surface area (Å²) in [5.74, 6) is 0.890. The molecule has 2 atom stereocenters. The van der Waals surface area contributed by atoms with E-state index < -0.39 is 0 Å². The lowest BCUT2D eigenvalue weighted by atomic mass is 9.94. The number of carbonyl (C=O) groups is 1. The molecule has 0 radical (unpaired) electrons. The van der Waals surface area contributed by atoms with E-state index in [0.29, 0.717) is 18.4 Å². The maximum Gasteiger partial charge on any atom is 0.225 e. The molecule has 2 unspecified atom stereocenters. The van der Waals surface area contributed by atoms with Crippen LogP contribution >= 0.6 is 0 Å². The van der Waals surface area contributed by atoms with Crippen LogP contribution in [-0.2, 0) is 4.79 Å². The summed E-state index contributed by atoms with van der Waals surface area (Å²) in [7, 11) is 0. The quantitative estimate of drug-likeness (QED) is 0.712. The van der Waals surface area contributed by atoms with Crippen LogP contribution in [0.2, 0.25) is 0 Å². The molecule has 0 spiro atoms. The van der Waals surface area contributed by atoms with Crippen molar-refractivity contribution in [1.82, 2.24) is 4.90 Å². The van der Waals surface area contributed by atoms with Crippen LogP contribution < -0.4 is 0 Å². The summed E-state index contributed by atoms with van der Waals surface area (Å²) in [6.07, 6.45) is 5.14. The number of hydrogen-bond donors (Lipinski definition) is 1. The van der Waals surface area contributed by atoms with Gasteiger partial charge in [0.05, 0.1) is 6.10 Å². The van der Waals surface area contributed by atoms with Crippen LogP contribution in [0.1, 0.15) is 39.0 Å². The van der Waals surface area contributed by atoms with E-state index in [-0.39, 0.29) is 12.0 Å². The molecule has 1 N–H and O–H groups in total. The van der Waals surface area contributed by atoms with Crippen LogP contribution in [0.3, 0.4) is 0 Å². The molecule has 1 aliphatic heterocycles. The Labute approximate surface area is 91.5 Å². The molecule has 0 bridgehead atoms. The number of hydrogen-bond acceptors (Lipinski definition) is 2. The fourth-order valence-corrected chi connectivity index (χ4v) is 2.68. The number of aliphatic hydroxyl groups excluding tert-OH is 1. The molecule has 1 heterocycles. The predicted molar refractivity (Wildman–Crippen MR) is 58.3 cm³/mol. The van der Waals surface area contributed by atoms with Gasteiger partial charge in [-0.05, 0) is 25.2 Å². The van der Waals surface area contributed by atoms with E-state index in [1.165, 1.54) is 12.8 Å². The van der Waals surface area contributed by atoms with Gasteiger partial charge in [-0.1, -0.05) is 19.8 Å². The summed E-state index contributed by atoms with van der Waals surface area (Å²) in [4.78, 5) is 13.9. The normalized spacial score (nSPS) is 33.3. The number of carbonyl (C=O) groups excluding carboxylic acids is 1. The summed E-state index contributed by atoms with van der Waals surface area (Å²) >= 11 is 0. The summed E-state index contributed by atoms with van der Waals surface area (Å²) in [6, 6.07) is 0. The number of amides is 1. The summed E-state index contributed by atoms with van der Waals surface area (Å²) < 4.78 is 0. The highest BCUT2D eigenvalue weighted by Gasteiger charge is 2.32. The van der Waals surface area contributed by atoms with Gasteiger partial charge in [0.1, 0.15) is 0 Å². The Bertz CT molecular complexity index is 236. The van der Waals surface area contributed by atoms with Crippen molar-refractivity contribution in [2.24, 2.45) is 11.8 Å². The van der Waals surface area contributed by atoms with E-state index in [1.807, 2.05) is 4.90 Å². The lowest BCUT2D eigenvalue weighted by Crippen LogP contribution is -2.47. The minimum atomic E-state index is -0.316. The van der Waals surface area contributed by atoms with Gasteiger partial charge in [-0.25, -0.2) is 0 Å². The highest BCUT2D eigenvalue weighted by atomic mass is 16.3. The molecule has 86 valence electrons. The minimum absolute atomic E-state index is 0.255. The van der Waals surface area contributed by atoms with Crippen molar-refractivity contribution in [2.45, 2.75) is 45.1 Å². The SMILES string of the molecule is CC1CCN(C(=O)C2CCCC2)CC1O. The van der Waals surface area contributed by atoms with Crippen molar-refractivity contribution >= 4 is 5.91 Å². The van der Waals surface area contributed by atoms with Gasteiger partial charge in [0.25, 0.3) is 0 Å². The number of aliphatic hydroxyl groups is 1. The van der Waals surface area contributed by atoms with Crippen LogP contribution in [-0.4, -0.2) is 35.1 Å². The number of likely N-dealkylation sites (tertiary alicyclic amines) is 1. The van der Waals surface area contributed by atoms with Crippen LogP contribution in [0.4, 0.5) is 0 Å². The van der Waals surface area contributed by atoms with Crippen molar-refractivity contribution in [2.75, 3.05) is 13.1 Å². The molecule has 15 heavy (non-hydrogen) atoms. The highest BCUT2D eigenvalue weighted by Crippen LogP contribution is 2.28. The zero-order valence-electron chi connectivity index (χ0n) is 9.48. The molecular formula is C12H21NO2. The Balaban J connectivity index is 1.90. The van der Waals surface area contributed by atoms with Crippen LogP contribution in [0.15, 0.2) is 0 Å². The second-order valence-corrected chi connectivity index (χ2v) is 5.10. The van der Waals surface area contributed by atoms with Crippen molar-refractivity contribution in [3.63, 3.8) is 0 Å². The van der Waals surface area contributed by atoms with E-state index in [4.69, 9.17) is 0 Å². The maximum atomic E-state index is 12.1. The standard InChI is InChI=1S/C12H21NO2/c1-9-6-7-13(8-11(9)14)12(15)10-4-2-3-5-10/h9-11,14H,2-8H2,1H3. The summed E-state index contributed by atoms with van der Waals surface area (Å²) in [5.41, 5.74) is 0. The lowest BCUT2D eigenvalue weighted by Gasteiger charge is -2.35. The van der Waals surface area contributed by atoms with Gasteiger partial charge in [-0.15, -0.1) is 0 Å². The van der Waals surface area contributed by atoms with E-state index in [0.717, 1.165) is 25.8 Å². The van der Waals surface area contributed by atoms with Crippen molar-refractivity contribution in [3.8, 4) is 0 Å². The van der Waals surface area contributed by atoms with Gasteiger partial charge >= 0.3 is 0 Å². The Morgan fingerprint density at radius 3 is 2.53 bits per heavy atom. The molecule has 3 nitrogen and oxygen atoms in total. The first-order valence-electron chi connectivity index (χ1n) is 6.15. The van der Waals surface area contributed by atoms with Crippen LogP contribution in [0.25, 0.3) is 0 Å². The number of piperidine rings is 1. The topological polar surface area (TPSA) is 40.5 Å². The van der Waals surface area contributed by atoms with E-state index in [2.05, 4.69) is 6.92 Å². The fourth-order valence-electron chi connectivity index (χ4n) is 2.68. The summed E-state index contributed by atoms with van der Waals surface area (Å²) in [6.45, 7) is 3.45. The number of β-amino-alcohol motifs (C(OH)–C–C–N with tert-alkyl or cyclic N) is 1. The second kappa shape index (κ2) is 4.52. The van der Waals surface area contributed by atoms with Gasteiger partial charge in [0.2, 0.25) is 5.91 Å². The molecule has 1 saturated carbocycles. The Hall–Kier alpha value is -0.570. The van der Waals surface area contributed by atoms with Crippen molar-refractivity contribution < 1.29 is 9.90 Å². The zero-order chi connectivity index (χ0) is 10.8. The van der Waals surface area contributed by atoms with E-state index in [9.17, 15) is 9.90 Å². The third-order valence-corrected chi connectivity index (χ3v) is 3.93. The third-order valence-electron chi connectivity index (χ3n) is 3.93. The van der Waals surface area contributed by atoms with Gasteiger partial charge in [-0.3, -0.25) is 4.79 Å². The molecule has 3 heteroatoms. The smallest absolute Gasteiger partial charge is 0.225 e. The molecule has 1 saturated heterocycles. The number of nitrogens with zero attached hydrogens (tertiary/aromatic N) is 1. The molecule has 1 amide bonds. The molecule has 0 aromatic heterocycles. The molecule has 2 fully saturated rings. The van der Waals surface area contributed by atoms with Gasteiger partial charge < -0.3 is 10.0 Å². The number of rotatable bonds is 1. The largest absolute Gasteiger partial charge is 0.391 e. The molecule has 2 rings (SSSR count). The summed E-state index contributed by atoms with van der Waals surface area (Å²) in [5, 5.41) is 9.75. The van der Waals surface area contributed by atoms with Crippen LogP contribution in [0, 0.1) is 11.8 Å². The minimum Gasteiger partial charge on any atom is -0.391 e. The maximum absolute atomic E-state index is 12.1. The average molecular weight is 211 g/mol. The first kappa shape index (κ1) is 10.9. The monoisotopic (exact) mass is 211 g/mol. The molecule has 0 aromatic carbocycles. The predicted octanol–water partition coefficient (Wildman–Crippen LogP) is 1.41. The lowest BCUT2D eigenvalue weighted by molar-refractivity contribution is -0.139. The second-order valence-electron chi connectivity index (χ2n) is 5.10. The first-order valence-corrected chi connectivity index (χ1v) is 6.15. The average Bonchev–Trinajstić information content (AvgIpc) is 2.74. The van der Waals surface area contributed by atoms with Gasteiger partial charge in [-0.2, -0.15) is 0 Å². The molecule has 0 aromatic rings. The fraction of sp³-hybridized carbons (Fsp3) is 0.917. The highest BCUT2D eigenvalue weighted by molar-refractivity contribution is 5.79. The first-order chi connectivity index (χ1) is 7.18. The zero-order valence-corrected chi connectivity index (χ0v) is 9.48. The molecular weight excluding hydrogens is 190 g/mol. The van der Waals surface area contributed by atoms with Crippen LogP contribution in [0.5, 0.6) is 0 Å². The van der Waals surface area contributed by atoms with Gasteiger partial charge in [0.15, 0.2) is 0 Å². The van der Waals surface area contributed by atoms with Crippen molar-refractivity contribution in [3.05, 3.63) is 0 Å². The van der Waals surface area contributed by atoms with Gasteiger partial charge in [0, 0.05) is 19.0 Å². The van der Waals surface area contributed by atoms with E-state index >= 15 is 0 Å². The molecule has 2 aliphatic rings. The Morgan fingerprint density at radius 1 is 1.27 bits per heavy atom. The third kappa shape index (κ3) is 2.33. The molecule has 1 aliphatic carbocycles. The Morgan fingerprint density at radius 2 is 1.93 bits per heavy atom.